The molecule has 8 heteroatoms. The predicted octanol–water partition coefficient (Wildman–Crippen LogP) is 4.88. The second kappa shape index (κ2) is 10.2. The Balaban J connectivity index is 1.54. The highest BCUT2D eigenvalue weighted by Crippen LogP contribution is 2.30. The van der Waals surface area contributed by atoms with Crippen LogP contribution in [-0.4, -0.2) is 31.4 Å². The van der Waals surface area contributed by atoms with Crippen LogP contribution in [0.25, 0.3) is 0 Å². The maximum Gasteiger partial charge on any atom is 0.338 e. The SMILES string of the molecule is COc1cc(C(=O)OCCOc2cccc(Br)c2)ccc1OCc1c(C)noc1C. The molecule has 0 saturated heterocycles. The highest BCUT2D eigenvalue weighted by atomic mass is 79.9. The number of nitrogens with zero attached hydrogens (tertiary/aromatic N) is 1. The van der Waals surface area contributed by atoms with Crippen molar-refractivity contribution in [1.29, 1.82) is 0 Å². The van der Waals surface area contributed by atoms with Crippen molar-refractivity contribution < 1.29 is 28.3 Å². The molecule has 0 fully saturated rings. The molecule has 1 aromatic heterocycles. The summed E-state index contributed by atoms with van der Waals surface area (Å²) in [5, 5.41) is 3.91. The van der Waals surface area contributed by atoms with E-state index in [1.165, 1.54) is 7.11 Å². The van der Waals surface area contributed by atoms with Gasteiger partial charge in [-0.3, -0.25) is 0 Å². The Morgan fingerprint density at radius 2 is 1.90 bits per heavy atom. The Labute approximate surface area is 183 Å². The molecule has 3 aromatic rings. The third-order valence-electron chi connectivity index (χ3n) is 4.33. The Bertz CT molecular complexity index is 997. The van der Waals surface area contributed by atoms with E-state index in [0.717, 1.165) is 15.7 Å². The van der Waals surface area contributed by atoms with Crippen molar-refractivity contribution in [1.82, 2.24) is 5.16 Å². The highest BCUT2D eigenvalue weighted by Gasteiger charge is 2.15. The number of carbonyl (C=O) groups is 1. The van der Waals surface area contributed by atoms with Gasteiger partial charge in [-0.1, -0.05) is 27.2 Å². The van der Waals surface area contributed by atoms with E-state index in [2.05, 4.69) is 21.1 Å². The second-order valence-electron chi connectivity index (χ2n) is 6.40. The summed E-state index contributed by atoms with van der Waals surface area (Å²) in [6.07, 6.45) is 0. The smallest absolute Gasteiger partial charge is 0.338 e. The Morgan fingerprint density at radius 3 is 2.60 bits per heavy atom. The number of halogens is 1. The van der Waals surface area contributed by atoms with Crippen molar-refractivity contribution in [3.8, 4) is 17.2 Å². The number of hydrogen-bond acceptors (Lipinski definition) is 7. The molecule has 0 aliphatic heterocycles. The minimum atomic E-state index is -0.469. The number of methoxy groups -OCH3 is 1. The normalized spacial score (nSPS) is 10.5. The molecule has 2 aromatic carbocycles. The number of rotatable bonds is 9. The van der Waals surface area contributed by atoms with Gasteiger partial charge < -0.3 is 23.5 Å². The van der Waals surface area contributed by atoms with E-state index in [1.54, 1.807) is 18.2 Å². The lowest BCUT2D eigenvalue weighted by Crippen LogP contribution is -2.12. The van der Waals surface area contributed by atoms with Crippen LogP contribution in [0, 0.1) is 13.8 Å². The van der Waals surface area contributed by atoms with Crippen LogP contribution < -0.4 is 14.2 Å². The first-order chi connectivity index (χ1) is 14.5. The fourth-order valence-electron chi connectivity index (χ4n) is 2.71. The van der Waals surface area contributed by atoms with E-state index < -0.39 is 5.97 Å². The molecular weight excluding hydrogens is 454 g/mol. The Kier molecular flexibility index (Phi) is 7.35. The van der Waals surface area contributed by atoms with Gasteiger partial charge in [-0.05, 0) is 50.2 Å². The van der Waals surface area contributed by atoms with Gasteiger partial charge in [-0.2, -0.15) is 0 Å². The monoisotopic (exact) mass is 475 g/mol. The molecule has 0 saturated carbocycles. The predicted molar refractivity (Wildman–Crippen MR) is 113 cm³/mol. The van der Waals surface area contributed by atoms with Gasteiger partial charge in [0.2, 0.25) is 0 Å². The molecule has 0 amide bonds. The van der Waals surface area contributed by atoms with Crippen LogP contribution in [0.3, 0.4) is 0 Å². The van der Waals surface area contributed by atoms with E-state index in [-0.39, 0.29) is 19.8 Å². The van der Waals surface area contributed by atoms with Crippen LogP contribution >= 0.6 is 15.9 Å². The van der Waals surface area contributed by atoms with E-state index in [0.29, 0.717) is 28.6 Å². The Hall–Kier alpha value is -3.00. The van der Waals surface area contributed by atoms with E-state index in [4.69, 9.17) is 23.5 Å². The van der Waals surface area contributed by atoms with Crippen LogP contribution in [0.4, 0.5) is 0 Å². The average molecular weight is 476 g/mol. The molecule has 0 atom stereocenters. The lowest BCUT2D eigenvalue weighted by atomic mass is 10.2. The van der Waals surface area contributed by atoms with Crippen LogP contribution in [0.5, 0.6) is 17.2 Å². The van der Waals surface area contributed by atoms with E-state index >= 15 is 0 Å². The van der Waals surface area contributed by atoms with Crippen molar-refractivity contribution in [2.24, 2.45) is 0 Å². The molecule has 30 heavy (non-hydrogen) atoms. The molecule has 0 aliphatic carbocycles. The number of hydrogen-bond donors (Lipinski definition) is 0. The summed E-state index contributed by atoms with van der Waals surface area (Å²) in [7, 11) is 1.51. The molecule has 158 valence electrons. The van der Waals surface area contributed by atoms with Crippen molar-refractivity contribution in [2.75, 3.05) is 20.3 Å². The molecule has 0 radical (unpaired) electrons. The topological polar surface area (TPSA) is 80.0 Å². The lowest BCUT2D eigenvalue weighted by molar-refractivity contribution is 0.0450. The first-order valence-corrected chi connectivity index (χ1v) is 10.1. The number of benzene rings is 2. The van der Waals surface area contributed by atoms with Crippen LogP contribution in [0.2, 0.25) is 0 Å². The molecule has 0 unspecified atom stereocenters. The van der Waals surface area contributed by atoms with Gasteiger partial charge in [0, 0.05) is 4.47 Å². The summed E-state index contributed by atoms with van der Waals surface area (Å²) in [5.41, 5.74) is 2.02. The number of aryl methyl sites for hydroxylation is 2. The van der Waals surface area contributed by atoms with Crippen molar-refractivity contribution in [2.45, 2.75) is 20.5 Å². The Morgan fingerprint density at radius 1 is 1.07 bits per heavy atom. The quantitative estimate of drug-likeness (QED) is 0.322. The van der Waals surface area contributed by atoms with E-state index in [1.807, 2.05) is 38.1 Å². The molecule has 0 bridgehead atoms. The molecule has 1 heterocycles. The second-order valence-corrected chi connectivity index (χ2v) is 7.31. The van der Waals surface area contributed by atoms with E-state index in [9.17, 15) is 4.79 Å². The lowest BCUT2D eigenvalue weighted by Gasteiger charge is -2.12. The molecule has 0 spiro atoms. The van der Waals surface area contributed by atoms with Crippen molar-refractivity contribution in [3.63, 3.8) is 0 Å². The van der Waals surface area contributed by atoms with Gasteiger partial charge >= 0.3 is 5.97 Å². The van der Waals surface area contributed by atoms with Crippen molar-refractivity contribution in [3.05, 3.63) is 69.5 Å². The zero-order valence-corrected chi connectivity index (χ0v) is 18.5. The molecule has 0 aliphatic rings. The maximum atomic E-state index is 12.3. The van der Waals surface area contributed by atoms with Crippen LogP contribution in [-0.2, 0) is 11.3 Å². The fraction of sp³-hybridized carbons (Fsp3) is 0.273. The molecule has 7 nitrogen and oxygen atoms in total. The summed E-state index contributed by atoms with van der Waals surface area (Å²) in [4.78, 5) is 12.3. The van der Waals surface area contributed by atoms with Crippen LogP contribution in [0.15, 0.2) is 51.5 Å². The summed E-state index contributed by atoms with van der Waals surface area (Å²) < 4.78 is 28.1. The average Bonchev–Trinajstić information content (AvgIpc) is 3.06. The van der Waals surface area contributed by atoms with Crippen molar-refractivity contribution >= 4 is 21.9 Å². The minimum absolute atomic E-state index is 0.123. The van der Waals surface area contributed by atoms with Gasteiger partial charge in [0.15, 0.2) is 11.5 Å². The highest BCUT2D eigenvalue weighted by molar-refractivity contribution is 9.10. The zero-order chi connectivity index (χ0) is 21.5. The third-order valence-corrected chi connectivity index (χ3v) is 4.83. The molecule has 3 rings (SSSR count). The number of carbonyl (C=O) groups excluding carboxylic acids is 1. The summed E-state index contributed by atoms with van der Waals surface area (Å²) >= 11 is 3.38. The molecule has 0 N–H and O–H groups in total. The standard InChI is InChI=1S/C22H22BrNO6/c1-14-19(15(2)30-24-14)13-29-20-8-7-16(11-21(20)26-3)22(25)28-10-9-27-18-6-4-5-17(23)12-18/h4-8,11-12H,9-10,13H2,1-3H3. The fourth-order valence-corrected chi connectivity index (χ4v) is 3.08. The first-order valence-electron chi connectivity index (χ1n) is 9.26. The van der Waals surface area contributed by atoms with Gasteiger partial charge in [0.25, 0.3) is 0 Å². The summed E-state index contributed by atoms with van der Waals surface area (Å²) in [5.74, 6) is 1.87. The number of esters is 1. The maximum absolute atomic E-state index is 12.3. The first kappa shape index (κ1) is 21.7. The summed E-state index contributed by atoms with van der Waals surface area (Å²) in [6, 6.07) is 12.3. The van der Waals surface area contributed by atoms with Gasteiger partial charge in [0.1, 0.15) is 31.3 Å². The van der Waals surface area contributed by atoms with Gasteiger partial charge in [-0.25, -0.2) is 4.79 Å². The third kappa shape index (κ3) is 5.54. The van der Waals surface area contributed by atoms with Crippen LogP contribution in [0.1, 0.15) is 27.4 Å². The zero-order valence-electron chi connectivity index (χ0n) is 16.9. The van der Waals surface area contributed by atoms with Gasteiger partial charge in [-0.15, -0.1) is 0 Å². The number of ether oxygens (including phenoxy) is 4. The molecular formula is C22H22BrNO6. The summed E-state index contributed by atoms with van der Waals surface area (Å²) in [6.45, 7) is 4.34. The number of aromatic nitrogens is 1. The minimum Gasteiger partial charge on any atom is -0.493 e. The van der Waals surface area contributed by atoms with Gasteiger partial charge in [0.05, 0.1) is 23.9 Å². The largest absolute Gasteiger partial charge is 0.493 e.